The average Bonchev–Trinajstić information content (AvgIpc) is 2.61. The van der Waals surface area contributed by atoms with Gasteiger partial charge in [-0.15, -0.1) is 0 Å². The van der Waals surface area contributed by atoms with E-state index >= 15 is 0 Å². The lowest BCUT2D eigenvalue weighted by atomic mass is 10.1. The maximum atomic E-state index is 6.05. The smallest absolute Gasteiger partial charge is 0.157 e. The van der Waals surface area contributed by atoms with E-state index < -0.39 is 0 Å². The number of allylic oxidation sites excluding steroid dienone is 2. The predicted molar refractivity (Wildman–Crippen MR) is 99.1 cm³/mol. The number of ether oxygens (including phenoxy) is 2. The molecule has 0 aliphatic heterocycles. The van der Waals surface area contributed by atoms with E-state index in [1.54, 1.807) is 0 Å². The molecule has 0 N–H and O–H groups in total. The van der Waals surface area contributed by atoms with Crippen LogP contribution in [0, 0.1) is 5.92 Å². The normalized spacial score (nSPS) is 12.3. The zero-order valence-corrected chi connectivity index (χ0v) is 14.7. The van der Waals surface area contributed by atoms with Crippen molar-refractivity contribution < 1.29 is 9.47 Å². The molecule has 0 aromatic heterocycles. The molecule has 2 heteroatoms. The first-order chi connectivity index (χ1) is 11.7. The third-order valence-electron chi connectivity index (χ3n) is 3.46. The summed E-state index contributed by atoms with van der Waals surface area (Å²) in [5, 5.41) is 0. The molecule has 0 aliphatic rings. The highest BCUT2D eigenvalue weighted by Crippen LogP contribution is 2.20. The summed E-state index contributed by atoms with van der Waals surface area (Å²) in [6.45, 7) is 7.31. The third kappa shape index (κ3) is 5.96. The molecule has 0 bridgehead atoms. The number of rotatable bonds is 8. The van der Waals surface area contributed by atoms with Crippen molar-refractivity contribution in [3.8, 4) is 0 Å². The molecular formula is C22H26O2. The van der Waals surface area contributed by atoms with Crippen LogP contribution < -0.4 is 0 Å². The van der Waals surface area contributed by atoms with Crippen molar-refractivity contribution in [2.75, 3.05) is 0 Å². The van der Waals surface area contributed by atoms with Crippen LogP contribution in [0.15, 0.2) is 84.3 Å². The van der Waals surface area contributed by atoms with Crippen LogP contribution in [0.1, 0.15) is 31.9 Å². The van der Waals surface area contributed by atoms with Crippen molar-refractivity contribution in [1.82, 2.24) is 0 Å². The van der Waals surface area contributed by atoms with Crippen LogP contribution in [0.5, 0.6) is 0 Å². The van der Waals surface area contributed by atoms with Gasteiger partial charge in [0.05, 0.1) is 0 Å². The van der Waals surface area contributed by atoms with Crippen LogP contribution in [0.25, 0.3) is 0 Å². The lowest BCUT2D eigenvalue weighted by Gasteiger charge is -2.16. The first-order valence-corrected chi connectivity index (χ1v) is 8.41. The Morgan fingerprint density at radius 1 is 0.792 bits per heavy atom. The second-order valence-corrected chi connectivity index (χ2v) is 5.98. The lowest BCUT2D eigenvalue weighted by Crippen LogP contribution is -2.03. The van der Waals surface area contributed by atoms with Crippen molar-refractivity contribution in [1.29, 1.82) is 0 Å². The van der Waals surface area contributed by atoms with E-state index in [-0.39, 0.29) is 0 Å². The second-order valence-electron chi connectivity index (χ2n) is 5.98. The molecule has 0 amide bonds. The largest absolute Gasteiger partial charge is 0.485 e. The summed E-state index contributed by atoms with van der Waals surface area (Å²) in [7, 11) is 0. The highest BCUT2D eigenvalue weighted by molar-refractivity contribution is 5.22. The average molecular weight is 322 g/mol. The quantitative estimate of drug-likeness (QED) is 0.447. The Hall–Kier alpha value is -2.48. The first-order valence-electron chi connectivity index (χ1n) is 8.41. The van der Waals surface area contributed by atoms with Gasteiger partial charge in [-0.2, -0.15) is 0 Å². The molecule has 0 radical (unpaired) electrons. The lowest BCUT2D eigenvalue weighted by molar-refractivity contribution is 0.135. The molecule has 126 valence electrons. The summed E-state index contributed by atoms with van der Waals surface area (Å²) in [4.78, 5) is 0. The van der Waals surface area contributed by atoms with Crippen LogP contribution in [-0.4, -0.2) is 0 Å². The monoisotopic (exact) mass is 322 g/mol. The van der Waals surface area contributed by atoms with Crippen molar-refractivity contribution in [3.63, 3.8) is 0 Å². The van der Waals surface area contributed by atoms with Gasteiger partial charge in [0, 0.05) is 0 Å². The number of hydrogen-bond acceptors (Lipinski definition) is 2. The number of hydrogen-bond donors (Lipinski definition) is 0. The van der Waals surface area contributed by atoms with E-state index in [9.17, 15) is 0 Å². The fourth-order valence-electron chi connectivity index (χ4n) is 2.27. The molecule has 2 aromatic rings. The summed E-state index contributed by atoms with van der Waals surface area (Å²) >= 11 is 0. The summed E-state index contributed by atoms with van der Waals surface area (Å²) in [6.07, 6.45) is 4.06. The topological polar surface area (TPSA) is 18.5 Å². The highest BCUT2D eigenvalue weighted by Gasteiger charge is 2.09. The molecule has 0 saturated carbocycles. The Balaban J connectivity index is 2.04. The predicted octanol–water partition coefficient (Wildman–Crippen LogP) is 5.86. The molecule has 0 saturated heterocycles. The van der Waals surface area contributed by atoms with Gasteiger partial charge in [0.15, 0.2) is 11.5 Å². The Morgan fingerprint density at radius 3 is 1.67 bits per heavy atom. The maximum Gasteiger partial charge on any atom is 0.157 e. The van der Waals surface area contributed by atoms with Gasteiger partial charge in [0.1, 0.15) is 13.2 Å². The molecular weight excluding hydrogens is 296 g/mol. The van der Waals surface area contributed by atoms with Gasteiger partial charge in [-0.05, 0) is 36.1 Å². The van der Waals surface area contributed by atoms with Crippen LogP contribution in [0.3, 0.4) is 0 Å². The molecule has 0 heterocycles. The van der Waals surface area contributed by atoms with E-state index in [4.69, 9.17) is 9.47 Å². The minimum atomic E-state index is 0.381. The number of benzene rings is 2. The molecule has 0 aliphatic carbocycles. The van der Waals surface area contributed by atoms with E-state index in [2.05, 4.69) is 44.2 Å². The minimum absolute atomic E-state index is 0.381. The van der Waals surface area contributed by atoms with Gasteiger partial charge in [0.25, 0.3) is 0 Å². The summed E-state index contributed by atoms with van der Waals surface area (Å²) in [5.74, 6) is 1.96. The Morgan fingerprint density at radius 2 is 1.25 bits per heavy atom. The summed E-state index contributed by atoms with van der Waals surface area (Å²) < 4.78 is 12.0. The molecule has 24 heavy (non-hydrogen) atoms. The SMILES string of the molecule is C/C=C(OCc1ccccc1)\C(=C/C(C)C)OCc1ccccc1. The van der Waals surface area contributed by atoms with E-state index in [1.807, 2.05) is 49.4 Å². The Kier molecular flexibility index (Phi) is 7.16. The highest BCUT2D eigenvalue weighted by atomic mass is 16.5. The van der Waals surface area contributed by atoms with E-state index in [0.717, 1.165) is 22.6 Å². The van der Waals surface area contributed by atoms with Crippen LogP contribution >= 0.6 is 0 Å². The van der Waals surface area contributed by atoms with Crippen LogP contribution in [0.4, 0.5) is 0 Å². The Bertz CT molecular complexity index is 655. The Labute approximate surface area is 145 Å². The van der Waals surface area contributed by atoms with Gasteiger partial charge < -0.3 is 9.47 Å². The molecule has 0 fully saturated rings. The molecule has 2 aromatic carbocycles. The zero-order chi connectivity index (χ0) is 17.2. The van der Waals surface area contributed by atoms with Gasteiger partial charge in [0.2, 0.25) is 0 Å². The van der Waals surface area contributed by atoms with Crippen molar-refractivity contribution >= 4 is 0 Å². The molecule has 0 atom stereocenters. The van der Waals surface area contributed by atoms with Crippen molar-refractivity contribution in [2.45, 2.75) is 34.0 Å². The molecule has 2 rings (SSSR count). The van der Waals surface area contributed by atoms with Gasteiger partial charge in [-0.1, -0.05) is 74.5 Å². The minimum Gasteiger partial charge on any atom is -0.485 e. The van der Waals surface area contributed by atoms with E-state index in [1.165, 1.54) is 0 Å². The van der Waals surface area contributed by atoms with Gasteiger partial charge >= 0.3 is 0 Å². The second kappa shape index (κ2) is 9.61. The molecule has 0 unspecified atom stereocenters. The third-order valence-corrected chi connectivity index (χ3v) is 3.46. The van der Waals surface area contributed by atoms with Crippen molar-refractivity contribution in [3.05, 3.63) is 95.5 Å². The fraction of sp³-hybridized carbons (Fsp3) is 0.273. The molecule has 2 nitrogen and oxygen atoms in total. The van der Waals surface area contributed by atoms with E-state index in [0.29, 0.717) is 19.1 Å². The molecule has 0 spiro atoms. The summed E-state index contributed by atoms with van der Waals surface area (Å²) in [6, 6.07) is 20.3. The first kappa shape index (κ1) is 17.9. The fourth-order valence-corrected chi connectivity index (χ4v) is 2.27. The summed E-state index contributed by atoms with van der Waals surface area (Å²) in [5.41, 5.74) is 2.29. The van der Waals surface area contributed by atoms with Crippen LogP contribution in [-0.2, 0) is 22.7 Å². The van der Waals surface area contributed by atoms with Crippen LogP contribution in [0.2, 0.25) is 0 Å². The van der Waals surface area contributed by atoms with Gasteiger partial charge in [-0.25, -0.2) is 0 Å². The van der Waals surface area contributed by atoms with Crippen molar-refractivity contribution in [2.24, 2.45) is 5.92 Å². The van der Waals surface area contributed by atoms with Gasteiger partial charge in [-0.3, -0.25) is 0 Å². The maximum absolute atomic E-state index is 6.05. The zero-order valence-electron chi connectivity index (χ0n) is 14.7. The standard InChI is InChI=1S/C22H26O2/c1-4-21(23-16-19-11-7-5-8-12-19)22(15-18(2)3)24-17-20-13-9-6-10-14-20/h4-15,18H,16-17H2,1-3H3/b21-4+,22-15+.